The Balaban J connectivity index is 2.09. The lowest BCUT2D eigenvalue weighted by Gasteiger charge is -2.31. The lowest BCUT2D eigenvalue weighted by atomic mass is 10.0. The minimum atomic E-state index is 0.883. The predicted molar refractivity (Wildman–Crippen MR) is 74.4 cm³/mol. The number of thioether (sulfide) groups is 1. The number of nitrogens with zero attached hydrogens (tertiary/aromatic N) is 1. The molecular weight excluding hydrogens is 216 g/mol. The maximum Gasteiger partial charge on any atom is 0.0419 e. The molecule has 1 aromatic carbocycles. The summed E-state index contributed by atoms with van der Waals surface area (Å²) in [5, 5.41) is 0. The van der Waals surface area contributed by atoms with Crippen molar-refractivity contribution >= 4 is 23.1 Å². The molecule has 2 N–H and O–H groups in total. The highest BCUT2D eigenvalue weighted by Crippen LogP contribution is 2.29. The maximum atomic E-state index is 5.87. The Hall–Kier alpha value is -0.830. The summed E-state index contributed by atoms with van der Waals surface area (Å²) in [5.41, 5.74) is 9.57. The van der Waals surface area contributed by atoms with Gasteiger partial charge in [-0.2, -0.15) is 11.8 Å². The second-order valence-electron chi connectivity index (χ2n) is 4.18. The Bertz CT molecular complexity index is 352. The lowest BCUT2D eigenvalue weighted by Crippen LogP contribution is -2.31. The molecule has 0 aromatic heterocycles. The molecule has 88 valence electrons. The number of fused-ring (bicyclic) bond motifs is 1. The van der Waals surface area contributed by atoms with Crippen LogP contribution in [0.4, 0.5) is 11.4 Å². The molecule has 0 amide bonds. The Labute approximate surface area is 102 Å². The zero-order chi connectivity index (χ0) is 11.4. The van der Waals surface area contributed by atoms with Crippen LogP contribution in [-0.2, 0) is 6.42 Å². The second-order valence-corrected chi connectivity index (χ2v) is 5.57. The van der Waals surface area contributed by atoms with Crippen LogP contribution < -0.4 is 10.6 Å². The summed E-state index contributed by atoms with van der Waals surface area (Å²) < 4.78 is 0. The van der Waals surface area contributed by atoms with Crippen LogP contribution >= 0.6 is 11.8 Å². The van der Waals surface area contributed by atoms with Crippen LogP contribution in [0.25, 0.3) is 0 Å². The third kappa shape index (κ3) is 2.64. The van der Waals surface area contributed by atoms with Gasteiger partial charge in [-0.1, -0.05) is 13.0 Å². The highest BCUT2D eigenvalue weighted by atomic mass is 32.2. The predicted octanol–water partition coefficient (Wildman–Crippen LogP) is 2.77. The fourth-order valence-electron chi connectivity index (χ4n) is 2.22. The highest BCUT2D eigenvalue weighted by molar-refractivity contribution is 7.99. The van der Waals surface area contributed by atoms with Gasteiger partial charge in [0.2, 0.25) is 0 Å². The number of nitrogen functional groups attached to an aromatic ring is 1. The average Bonchev–Trinajstić information content (AvgIpc) is 2.30. The molecule has 0 unspecified atom stereocenters. The fourth-order valence-corrected chi connectivity index (χ4v) is 2.86. The SMILES string of the molecule is CCSCCN1CCCc2ccc(N)cc21. The van der Waals surface area contributed by atoms with Crippen molar-refractivity contribution in [2.24, 2.45) is 0 Å². The van der Waals surface area contributed by atoms with E-state index in [4.69, 9.17) is 5.73 Å². The first-order valence-corrected chi connectivity index (χ1v) is 7.18. The molecule has 3 heteroatoms. The molecule has 0 saturated heterocycles. The van der Waals surface area contributed by atoms with E-state index in [0.29, 0.717) is 0 Å². The zero-order valence-corrected chi connectivity index (χ0v) is 10.7. The summed E-state index contributed by atoms with van der Waals surface area (Å²) in [7, 11) is 0. The lowest BCUT2D eigenvalue weighted by molar-refractivity contribution is 0.710. The van der Waals surface area contributed by atoms with Crippen molar-refractivity contribution in [2.45, 2.75) is 19.8 Å². The van der Waals surface area contributed by atoms with Crippen LogP contribution in [-0.4, -0.2) is 24.6 Å². The summed E-state index contributed by atoms with van der Waals surface area (Å²) in [6, 6.07) is 6.33. The summed E-state index contributed by atoms with van der Waals surface area (Å²) in [4.78, 5) is 2.48. The molecule has 2 rings (SSSR count). The van der Waals surface area contributed by atoms with E-state index >= 15 is 0 Å². The molecular formula is C13H20N2S. The average molecular weight is 236 g/mol. The van der Waals surface area contributed by atoms with E-state index < -0.39 is 0 Å². The summed E-state index contributed by atoms with van der Waals surface area (Å²) in [6.45, 7) is 4.54. The van der Waals surface area contributed by atoms with Gasteiger partial charge in [-0.05, 0) is 36.3 Å². The molecule has 0 bridgehead atoms. The molecule has 0 fully saturated rings. The van der Waals surface area contributed by atoms with Crippen molar-refractivity contribution in [1.82, 2.24) is 0 Å². The van der Waals surface area contributed by atoms with E-state index in [0.717, 1.165) is 12.2 Å². The molecule has 0 atom stereocenters. The van der Waals surface area contributed by atoms with Gasteiger partial charge in [0.25, 0.3) is 0 Å². The molecule has 16 heavy (non-hydrogen) atoms. The Kier molecular flexibility index (Phi) is 3.99. The molecule has 0 saturated carbocycles. The van der Waals surface area contributed by atoms with E-state index in [1.807, 2.05) is 17.8 Å². The molecule has 1 aliphatic rings. The molecule has 0 aliphatic carbocycles. The number of rotatable bonds is 4. The zero-order valence-electron chi connectivity index (χ0n) is 9.91. The first-order valence-electron chi connectivity index (χ1n) is 6.02. The summed E-state index contributed by atoms with van der Waals surface area (Å²) in [5.74, 6) is 2.42. The van der Waals surface area contributed by atoms with E-state index in [9.17, 15) is 0 Å². The quantitative estimate of drug-likeness (QED) is 0.644. The molecule has 1 aliphatic heterocycles. The highest BCUT2D eigenvalue weighted by Gasteiger charge is 2.16. The first-order chi connectivity index (χ1) is 7.81. The summed E-state index contributed by atoms with van der Waals surface area (Å²) >= 11 is 2.01. The van der Waals surface area contributed by atoms with Gasteiger partial charge < -0.3 is 10.6 Å². The standard InChI is InChI=1S/C13H20N2S/c1-2-16-9-8-15-7-3-4-11-5-6-12(14)10-13(11)15/h5-6,10H,2-4,7-9,14H2,1H3. The van der Waals surface area contributed by atoms with Crippen LogP contribution in [0.3, 0.4) is 0 Å². The van der Waals surface area contributed by atoms with Crippen molar-refractivity contribution in [1.29, 1.82) is 0 Å². The van der Waals surface area contributed by atoms with Gasteiger partial charge in [-0.3, -0.25) is 0 Å². The number of hydrogen-bond acceptors (Lipinski definition) is 3. The molecule has 0 radical (unpaired) electrons. The van der Waals surface area contributed by atoms with Crippen LogP contribution in [0.2, 0.25) is 0 Å². The van der Waals surface area contributed by atoms with Crippen molar-refractivity contribution in [3.05, 3.63) is 23.8 Å². The van der Waals surface area contributed by atoms with Gasteiger partial charge in [0.15, 0.2) is 0 Å². The topological polar surface area (TPSA) is 29.3 Å². The largest absolute Gasteiger partial charge is 0.399 e. The van der Waals surface area contributed by atoms with Crippen molar-refractivity contribution in [3.63, 3.8) is 0 Å². The van der Waals surface area contributed by atoms with E-state index in [-0.39, 0.29) is 0 Å². The number of anilines is 2. The molecule has 1 heterocycles. The fraction of sp³-hybridized carbons (Fsp3) is 0.538. The van der Waals surface area contributed by atoms with Gasteiger partial charge in [-0.15, -0.1) is 0 Å². The van der Waals surface area contributed by atoms with E-state index in [1.165, 1.54) is 42.1 Å². The number of benzene rings is 1. The van der Waals surface area contributed by atoms with E-state index in [1.54, 1.807) is 0 Å². The van der Waals surface area contributed by atoms with Gasteiger partial charge >= 0.3 is 0 Å². The third-order valence-electron chi connectivity index (χ3n) is 3.03. The first kappa shape index (κ1) is 11.6. The molecule has 2 nitrogen and oxygen atoms in total. The Morgan fingerprint density at radius 2 is 2.31 bits per heavy atom. The normalized spacial score (nSPS) is 14.9. The number of nitrogens with two attached hydrogens (primary N) is 1. The van der Waals surface area contributed by atoms with Crippen molar-refractivity contribution < 1.29 is 0 Å². The van der Waals surface area contributed by atoms with Crippen molar-refractivity contribution in [2.75, 3.05) is 35.2 Å². The maximum absolute atomic E-state index is 5.87. The van der Waals surface area contributed by atoms with E-state index in [2.05, 4.69) is 24.0 Å². The summed E-state index contributed by atoms with van der Waals surface area (Å²) in [6.07, 6.45) is 2.47. The second kappa shape index (κ2) is 5.48. The smallest absolute Gasteiger partial charge is 0.0419 e. The minimum absolute atomic E-state index is 0.883. The van der Waals surface area contributed by atoms with Gasteiger partial charge in [0.1, 0.15) is 0 Å². The monoisotopic (exact) mass is 236 g/mol. The number of hydrogen-bond donors (Lipinski definition) is 1. The Morgan fingerprint density at radius 1 is 1.44 bits per heavy atom. The molecule has 0 spiro atoms. The van der Waals surface area contributed by atoms with Crippen LogP contribution in [0.5, 0.6) is 0 Å². The van der Waals surface area contributed by atoms with Gasteiger partial charge in [-0.25, -0.2) is 0 Å². The van der Waals surface area contributed by atoms with Crippen molar-refractivity contribution in [3.8, 4) is 0 Å². The third-order valence-corrected chi connectivity index (χ3v) is 3.91. The van der Waals surface area contributed by atoms with Crippen LogP contribution in [0, 0.1) is 0 Å². The van der Waals surface area contributed by atoms with Gasteiger partial charge in [0.05, 0.1) is 0 Å². The number of aryl methyl sites for hydroxylation is 1. The van der Waals surface area contributed by atoms with Gasteiger partial charge in [0, 0.05) is 30.2 Å². The molecule has 1 aromatic rings. The van der Waals surface area contributed by atoms with Crippen LogP contribution in [0.15, 0.2) is 18.2 Å². The minimum Gasteiger partial charge on any atom is -0.399 e. The van der Waals surface area contributed by atoms with Crippen LogP contribution in [0.1, 0.15) is 18.9 Å². The Morgan fingerprint density at radius 3 is 3.12 bits per heavy atom.